The van der Waals surface area contributed by atoms with Gasteiger partial charge < -0.3 is 10.6 Å². The monoisotopic (exact) mass is 482 g/mol. The van der Waals surface area contributed by atoms with E-state index in [9.17, 15) is 0 Å². The Balaban J connectivity index is 1.67. The van der Waals surface area contributed by atoms with E-state index < -0.39 is 0 Å². The number of hydrogen-bond acceptors (Lipinski definition) is 6. The lowest BCUT2D eigenvalue weighted by atomic mass is 10.2. The Morgan fingerprint density at radius 3 is 1.43 bits per heavy atom. The van der Waals surface area contributed by atoms with Crippen molar-refractivity contribution in [3.8, 4) is 0 Å². The number of para-hydroxylation sites is 2. The molecule has 37 heavy (non-hydrogen) atoms. The van der Waals surface area contributed by atoms with Gasteiger partial charge in [-0.2, -0.15) is 0 Å². The summed E-state index contributed by atoms with van der Waals surface area (Å²) in [7, 11) is 0. The first kappa shape index (κ1) is 23.5. The fraction of sp³-hybridized carbons (Fsp3) is 0. The number of rotatable bonds is 8. The molecule has 2 N–H and O–H groups in total. The van der Waals surface area contributed by atoms with Crippen molar-refractivity contribution in [2.24, 2.45) is 0 Å². The summed E-state index contributed by atoms with van der Waals surface area (Å²) >= 11 is 0. The van der Waals surface area contributed by atoms with Gasteiger partial charge in [0.05, 0.1) is 0 Å². The van der Waals surface area contributed by atoms with Gasteiger partial charge in [-0.05, 0) is 52.8 Å². The van der Waals surface area contributed by atoms with Gasteiger partial charge >= 0.3 is 0 Å². The van der Waals surface area contributed by atoms with Crippen LogP contribution in [0, 0.1) is 0 Å². The molecule has 0 atom stereocenters. The van der Waals surface area contributed by atoms with Crippen molar-refractivity contribution >= 4 is 40.8 Å². The number of nitrogen functional groups attached to an aromatic ring is 1. The molecule has 0 spiro atoms. The van der Waals surface area contributed by atoms with Crippen LogP contribution in [0.25, 0.3) is 12.2 Å². The molecule has 1 heterocycles. The summed E-state index contributed by atoms with van der Waals surface area (Å²) in [6.45, 7) is 0. The van der Waals surface area contributed by atoms with Crippen LogP contribution in [0.4, 0.5) is 28.7 Å². The van der Waals surface area contributed by atoms with Crippen molar-refractivity contribution in [1.82, 2.24) is 15.4 Å². The lowest BCUT2D eigenvalue weighted by Crippen LogP contribution is -2.20. The van der Waals surface area contributed by atoms with Crippen LogP contribution in [0.15, 0.2) is 134 Å². The molecule has 0 saturated carbocycles. The number of aromatic nitrogens is 3. The predicted octanol–water partition coefficient (Wildman–Crippen LogP) is 7.07. The summed E-state index contributed by atoms with van der Waals surface area (Å²) in [5.74, 6) is 0.817. The van der Waals surface area contributed by atoms with Gasteiger partial charge in [0.1, 0.15) is 5.69 Å². The molecule has 0 aliphatic carbocycles. The van der Waals surface area contributed by atoms with Gasteiger partial charge in [-0.15, -0.1) is 10.2 Å². The van der Waals surface area contributed by atoms with Gasteiger partial charge in [0.15, 0.2) is 11.6 Å². The van der Waals surface area contributed by atoms with Crippen LogP contribution in [-0.2, 0) is 0 Å². The molecule has 0 aliphatic rings. The normalized spacial score (nSPS) is 11.1. The van der Waals surface area contributed by atoms with Crippen molar-refractivity contribution in [2.75, 3.05) is 15.5 Å². The molecule has 1 aromatic heterocycles. The summed E-state index contributed by atoms with van der Waals surface area (Å²) in [4.78, 5) is 3.96. The first-order chi connectivity index (χ1) is 18.3. The predicted molar refractivity (Wildman–Crippen MR) is 152 cm³/mol. The quantitative estimate of drug-likeness (QED) is 0.255. The Labute approximate surface area is 216 Å². The van der Waals surface area contributed by atoms with Crippen LogP contribution in [0.2, 0.25) is 0 Å². The summed E-state index contributed by atoms with van der Waals surface area (Å²) in [5.41, 5.74) is 11.1. The van der Waals surface area contributed by atoms with E-state index in [2.05, 4.69) is 15.4 Å². The van der Waals surface area contributed by atoms with Crippen LogP contribution in [0.3, 0.4) is 0 Å². The maximum absolute atomic E-state index is 6.50. The second-order valence-corrected chi connectivity index (χ2v) is 8.21. The zero-order chi connectivity index (χ0) is 25.3. The highest BCUT2D eigenvalue weighted by molar-refractivity contribution is 5.88. The first-order valence-electron chi connectivity index (χ1n) is 11.9. The Bertz CT molecular complexity index is 1380. The number of nitrogens with zero attached hydrogens (tertiary/aromatic N) is 5. The highest BCUT2D eigenvalue weighted by Gasteiger charge is 2.23. The summed E-state index contributed by atoms with van der Waals surface area (Å²) < 4.78 is 0. The van der Waals surface area contributed by atoms with Crippen LogP contribution < -0.4 is 15.5 Å². The fourth-order valence-corrected chi connectivity index (χ4v) is 3.93. The Morgan fingerprint density at radius 2 is 0.973 bits per heavy atom. The Morgan fingerprint density at radius 1 is 0.541 bits per heavy atom. The zero-order valence-electron chi connectivity index (χ0n) is 20.2. The SMILES string of the molecule is Nc1nnnc(N(c2ccccc2)c2ccccc2)c1N(C=Cc1ccccc1)C=Cc1ccccc1. The molecular weight excluding hydrogens is 456 g/mol. The second-order valence-electron chi connectivity index (χ2n) is 8.21. The van der Waals surface area contributed by atoms with Crippen molar-refractivity contribution in [2.45, 2.75) is 0 Å². The van der Waals surface area contributed by atoms with Crippen molar-refractivity contribution in [3.05, 3.63) is 145 Å². The highest BCUT2D eigenvalue weighted by Crippen LogP contribution is 2.40. The minimum Gasteiger partial charge on any atom is -0.380 e. The molecule has 6 nitrogen and oxygen atoms in total. The number of anilines is 5. The van der Waals surface area contributed by atoms with Gasteiger partial charge in [0.2, 0.25) is 0 Å². The van der Waals surface area contributed by atoms with Crippen LogP contribution in [0.5, 0.6) is 0 Å². The molecule has 4 aromatic carbocycles. The van der Waals surface area contributed by atoms with Crippen molar-refractivity contribution in [3.63, 3.8) is 0 Å². The topological polar surface area (TPSA) is 71.2 Å². The Kier molecular flexibility index (Phi) is 7.28. The third kappa shape index (κ3) is 5.71. The number of nitrogens with two attached hydrogens (primary N) is 1. The molecule has 0 saturated heterocycles. The maximum atomic E-state index is 6.50. The lowest BCUT2D eigenvalue weighted by Gasteiger charge is -2.28. The smallest absolute Gasteiger partial charge is 0.190 e. The standard InChI is InChI=1S/C31H26N6/c32-30-29(36(23-21-25-13-5-1-6-14-25)24-22-26-15-7-2-8-16-26)31(34-35-33-30)37(27-17-9-3-10-18-27)28-19-11-4-12-20-28/h1-24H,(H2,32,33,34). The van der Waals surface area contributed by atoms with Crippen LogP contribution >= 0.6 is 0 Å². The van der Waals surface area contributed by atoms with Crippen LogP contribution in [-0.4, -0.2) is 15.4 Å². The van der Waals surface area contributed by atoms with Gasteiger partial charge in [-0.1, -0.05) is 97.1 Å². The van der Waals surface area contributed by atoms with E-state index in [1.54, 1.807) is 0 Å². The molecule has 0 radical (unpaired) electrons. The largest absolute Gasteiger partial charge is 0.380 e. The fourth-order valence-electron chi connectivity index (χ4n) is 3.93. The van der Waals surface area contributed by atoms with E-state index in [1.807, 2.05) is 156 Å². The summed E-state index contributed by atoms with van der Waals surface area (Å²) in [6, 6.07) is 40.2. The molecule has 0 amide bonds. The van der Waals surface area contributed by atoms with Crippen molar-refractivity contribution < 1.29 is 0 Å². The molecule has 6 heteroatoms. The molecule has 5 aromatic rings. The van der Waals surface area contributed by atoms with E-state index in [-0.39, 0.29) is 5.82 Å². The summed E-state index contributed by atoms with van der Waals surface area (Å²) in [5, 5.41) is 12.6. The lowest BCUT2D eigenvalue weighted by molar-refractivity contribution is 0.864. The van der Waals surface area contributed by atoms with Crippen molar-refractivity contribution in [1.29, 1.82) is 0 Å². The molecule has 5 rings (SSSR count). The summed E-state index contributed by atoms with van der Waals surface area (Å²) in [6.07, 6.45) is 7.96. The molecule has 180 valence electrons. The molecule has 0 bridgehead atoms. The van der Waals surface area contributed by atoms with Crippen LogP contribution in [0.1, 0.15) is 11.1 Å². The zero-order valence-corrected chi connectivity index (χ0v) is 20.2. The first-order valence-corrected chi connectivity index (χ1v) is 11.9. The maximum Gasteiger partial charge on any atom is 0.190 e. The van der Waals surface area contributed by atoms with Gasteiger partial charge in [-0.3, -0.25) is 4.90 Å². The molecular formula is C31H26N6. The Hall–Kier alpha value is -5.23. The minimum absolute atomic E-state index is 0.261. The van der Waals surface area contributed by atoms with E-state index in [4.69, 9.17) is 5.73 Å². The highest BCUT2D eigenvalue weighted by atomic mass is 15.4. The molecule has 0 unspecified atom stereocenters. The molecule has 0 aliphatic heterocycles. The third-order valence-corrected chi connectivity index (χ3v) is 5.70. The average molecular weight is 483 g/mol. The molecule has 0 fully saturated rings. The average Bonchev–Trinajstić information content (AvgIpc) is 2.96. The van der Waals surface area contributed by atoms with E-state index >= 15 is 0 Å². The van der Waals surface area contributed by atoms with Gasteiger partial charge in [0.25, 0.3) is 0 Å². The second kappa shape index (κ2) is 11.5. The van der Waals surface area contributed by atoms with Gasteiger partial charge in [0, 0.05) is 23.8 Å². The third-order valence-electron chi connectivity index (χ3n) is 5.70. The number of benzene rings is 4. The minimum atomic E-state index is 0.261. The number of hydrogen-bond donors (Lipinski definition) is 1. The van der Waals surface area contributed by atoms with E-state index in [0.29, 0.717) is 11.5 Å². The van der Waals surface area contributed by atoms with Gasteiger partial charge in [-0.25, -0.2) is 0 Å². The van der Waals surface area contributed by atoms with E-state index in [1.165, 1.54) is 0 Å². The van der Waals surface area contributed by atoms with E-state index in [0.717, 1.165) is 22.5 Å².